The van der Waals surface area contributed by atoms with Crippen molar-refractivity contribution in [1.82, 2.24) is 4.90 Å². The summed E-state index contributed by atoms with van der Waals surface area (Å²) in [5.41, 5.74) is -0.469. The molecule has 0 amide bonds. The van der Waals surface area contributed by atoms with Crippen molar-refractivity contribution in [2.45, 2.75) is 38.4 Å². The first-order chi connectivity index (χ1) is 7.99. The quantitative estimate of drug-likeness (QED) is 0.762. The molecule has 4 heteroatoms. The van der Waals surface area contributed by atoms with E-state index in [1.54, 1.807) is 14.2 Å². The largest absolute Gasteiger partial charge is 0.389 e. The number of hydrogen-bond donors (Lipinski definition) is 1. The number of piperidine rings is 1. The highest BCUT2D eigenvalue weighted by atomic mass is 16.5. The van der Waals surface area contributed by atoms with E-state index in [1.165, 1.54) is 0 Å². The van der Waals surface area contributed by atoms with E-state index in [2.05, 4.69) is 4.90 Å². The molecule has 0 saturated carbocycles. The molecule has 0 aliphatic carbocycles. The highest BCUT2D eigenvalue weighted by molar-refractivity contribution is 4.83. The van der Waals surface area contributed by atoms with Crippen LogP contribution in [0.3, 0.4) is 0 Å². The Morgan fingerprint density at radius 1 is 1.29 bits per heavy atom. The second-order valence-electron chi connectivity index (χ2n) is 5.52. The summed E-state index contributed by atoms with van der Waals surface area (Å²) in [7, 11) is 3.41. The SMILES string of the molecule is COCC1CCN(CC(O)C(C)(C)OC)CC1. The maximum Gasteiger partial charge on any atom is 0.0950 e. The van der Waals surface area contributed by atoms with Gasteiger partial charge in [0.2, 0.25) is 0 Å². The van der Waals surface area contributed by atoms with Crippen LogP contribution in [0, 0.1) is 5.92 Å². The Morgan fingerprint density at radius 3 is 2.35 bits per heavy atom. The fourth-order valence-electron chi connectivity index (χ4n) is 2.17. The number of aliphatic hydroxyl groups excluding tert-OH is 1. The van der Waals surface area contributed by atoms with Crippen LogP contribution in [0.15, 0.2) is 0 Å². The molecule has 1 heterocycles. The van der Waals surface area contributed by atoms with E-state index in [-0.39, 0.29) is 0 Å². The van der Waals surface area contributed by atoms with Crippen LogP contribution in [0.4, 0.5) is 0 Å². The third-order valence-corrected chi connectivity index (χ3v) is 3.87. The van der Waals surface area contributed by atoms with Gasteiger partial charge in [0.15, 0.2) is 0 Å². The van der Waals surface area contributed by atoms with Crippen molar-refractivity contribution in [3.63, 3.8) is 0 Å². The topological polar surface area (TPSA) is 41.9 Å². The second kappa shape index (κ2) is 6.69. The first-order valence-corrected chi connectivity index (χ1v) is 6.44. The van der Waals surface area contributed by atoms with Crippen LogP contribution in [-0.2, 0) is 9.47 Å². The van der Waals surface area contributed by atoms with Crippen molar-refractivity contribution in [1.29, 1.82) is 0 Å². The minimum absolute atomic E-state index is 0.438. The van der Waals surface area contributed by atoms with Gasteiger partial charge in [-0.05, 0) is 45.7 Å². The number of methoxy groups -OCH3 is 2. The molecule has 1 aliphatic rings. The monoisotopic (exact) mass is 245 g/mol. The van der Waals surface area contributed by atoms with Crippen molar-refractivity contribution in [2.75, 3.05) is 40.5 Å². The average molecular weight is 245 g/mol. The van der Waals surface area contributed by atoms with Gasteiger partial charge < -0.3 is 19.5 Å². The molecule has 1 unspecified atom stereocenters. The summed E-state index contributed by atoms with van der Waals surface area (Å²) < 4.78 is 10.5. The lowest BCUT2D eigenvalue weighted by atomic mass is 9.95. The Balaban J connectivity index is 2.30. The van der Waals surface area contributed by atoms with E-state index in [9.17, 15) is 5.11 Å². The Kier molecular flexibility index (Phi) is 5.86. The van der Waals surface area contributed by atoms with Crippen molar-refractivity contribution < 1.29 is 14.6 Å². The summed E-state index contributed by atoms with van der Waals surface area (Å²) in [4.78, 5) is 2.32. The lowest BCUT2D eigenvalue weighted by molar-refractivity contribution is -0.0902. The van der Waals surface area contributed by atoms with Gasteiger partial charge in [0, 0.05) is 27.4 Å². The third kappa shape index (κ3) is 4.54. The van der Waals surface area contributed by atoms with Crippen LogP contribution in [0.25, 0.3) is 0 Å². The van der Waals surface area contributed by atoms with Crippen LogP contribution in [-0.4, -0.2) is 62.2 Å². The fourth-order valence-corrected chi connectivity index (χ4v) is 2.17. The van der Waals surface area contributed by atoms with Crippen molar-refractivity contribution in [3.8, 4) is 0 Å². The maximum atomic E-state index is 10.1. The molecule has 1 saturated heterocycles. The van der Waals surface area contributed by atoms with Crippen molar-refractivity contribution in [2.24, 2.45) is 5.92 Å². The fraction of sp³-hybridized carbons (Fsp3) is 1.00. The highest BCUT2D eigenvalue weighted by Gasteiger charge is 2.30. The smallest absolute Gasteiger partial charge is 0.0950 e. The second-order valence-corrected chi connectivity index (χ2v) is 5.52. The van der Waals surface area contributed by atoms with E-state index in [1.807, 2.05) is 13.8 Å². The zero-order valence-corrected chi connectivity index (χ0v) is 11.6. The highest BCUT2D eigenvalue weighted by Crippen LogP contribution is 2.20. The Hall–Kier alpha value is -0.160. The first kappa shape index (κ1) is 14.9. The molecule has 1 N–H and O–H groups in total. The van der Waals surface area contributed by atoms with Crippen LogP contribution < -0.4 is 0 Å². The molecule has 1 rings (SSSR count). The average Bonchev–Trinajstić information content (AvgIpc) is 2.32. The molecular formula is C13H27NO3. The molecule has 0 bridgehead atoms. The number of hydrogen-bond acceptors (Lipinski definition) is 4. The van der Waals surface area contributed by atoms with Crippen LogP contribution in [0.2, 0.25) is 0 Å². The molecule has 4 nitrogen and oxygen atoms in total. The molecule has 0 radical (unpaired) electrons. The maximum absolute atomic E-state index is 10.1. The van der Waals surface area contributed by atoms with Gasteiger partial charge in [-0.2, -0.15) is 0 Å². The van der Waals surface area contributed by atoms with Gasteiger partial charge >= 0.3 is 0 Å². The van der Waals surface area contributed by atoms with Gasteiger partial charge in [-0.1, -0.05) is 0 Å². The number of likely N-dealkylation sites (tertiary alicyclic amines) is 1. The zero-order valence-electron chi connectivity index (χ0n) is 11.6. The summed E-state index contributed by atoms with van der Waals surface area (Å²) in [5, 5.41) is 10.1. The molecule has 1 aliphatic heterocycles. The van der Waals surface area contributed by atoms with Gasteiger partial charge in [-0.15, -0.1) is 0 Å². The molecule has 0 aromatic carbocycles. The number of β-amino-alcohol motifs (C(OH)–C–C–N with tert-alkyl or cyclic N) is 1. The van der Waals surface area contributed by atoms with Gasteiger partial charge in [0.1, 0.15) is 0 Å². The molecule has 0 aromatic heterocycles. The molecule has 102 valence electrons. The van der Waals surface area contributed by atoms with Crippen molar-refractivity contribution >= 4 is 0 Å². The van der Waals surface area contributed by atoms with E-state index in [4.69, 9.17) is 9.47 Å². The number of ether oxygens (including phenoxy) is 2. The number of rotatable bonds is 6. The molecule has 0 aromatic rings. The van der Waals surface area contributed by atoms with Crippen LogP contribution >= 0.6 is 0 Å². The normalized spacial score (nSPS) is 21.7. The summed E-state index contributed by atoms with van der Waals surface area (Å²) >= 11 is 0. The molecular weight excluding hydrogens is 218 g/mol. The summed E-state index contributed by atoms with van der Waals surface area (Å²) in [6.45, 7) is 7.50. The predicted molar refractivity (Wildman–Crippen MR) is 68.1 cm³/mol. The lowest BCUT2D eigenvalue weighted by Gasteiger charge is -2.37. The summed E-state index contributed by atoms with van der Waals surface area (Å²) in [6.07, 6.45) is 1.88. The van der Waals surface area contributed by atoms with E-state index >= 15 is 0 Å². The molecule has 17 heavy (non-hydrogen) atoms. The molecule has 0 spiro atoms. The third-order valence-electron chi connectivity index (χ3n) is 3.87. The van der Waals surface area contributed by atoms with Gasteiger partial charge in [-0.25, -0.2) is 0 Å². The van der Waals surface area contributed by atoms with E-state index in [0.29, 0.717) is 12.5 Å². The molecule has 1 fully saturated rings. The summed E-state index contributed by atoms with van der Waals surface area (Å²) in [6, 6.07) is 0. The predicted octanol–water partition coefficient (Wildman–Crippen LogP) is 1.13. The van der Waals surface area contributed by atoms with Gasteiger partial charge in [-0.3, -0.25) is 0 Å². The first-order valence-electron chi connectivity index (χ1n) is 6.44. The Labute approximate surface area is 105 Å². The van der Waals surface area contributed by atoms with E-state index < -0.39 is 11.7 Å². The lowest BCUT2D eigenvalue weighted by Crippen LogP contribution is -2.48. The zero-order chi connectivity index (χ0) is 12.9. The van der Waals surface area contributed by atoms with Crippen molar-refractivity contribution in [3.05, 3.63) is 0 Å². The standard InChI is InChI=1S/C13H27NO3/c1-13(2,17-4)12(15)9-14-7-5-11(6-8-14)10-16-3/h11-12,15H,5-10H2,1-4H3. The van der Waals surface area contributed by atoms with E-state index in [0.717, 1.165) is 32.5 Å². The van der Waals surface area contributed by atoms with Gasteiger partial charge in [0.25, 0.3) is 0 Å². The van der Waals surface area contributed by atoms with Crippen LogP contribution in [0.5, 0.6) is 0 Å². The van der Waals surface area contributed by atoms with Crippen LogP contribution in [0.1, 0.15) is 26.7 Å². The van der Waals surface area contributed by atoms with Gasteiger partial charge in [0.05, 0.1) is 11.7 Å². The Bertz CT molecular complexity index is 213. The number of nitrogens with zero attached hydrogens (tertiary/aromatic N) is 1. The molecule has 1 atom stereocenters. The minimum atomic E-state index is -0.469. The summed E-state index contributed by atoms with van der Waals surface area (Å²) in [5.74, 6) is 0.684. The minimum Gasteiger partial charge on any atom is -0.389 e. The number of aliphatic hydroxyl groups is 1. The Morgan fingerprint density at radius 2 is 1.88 bits per heavy atom.